The van der Waals surface area contributed by atoms with Gasteiger partial charge in [0, 0.05) is 6.42 Å². The number of benzene rings is 1. The summed E-state index contributed by atoms with van der Waals surface area (Å²) in [6, 6.07) is 10.7. The van der Waals surface area contributed by atoms with Crippen molar-refractivity contribution >= 4 is 5.91 Å². The Morgan fingerprint density at radius 2 is 1.25 bits per heavy atom. The molecule has 0 heterocycles. The number of aryl methyl sites for hydroxylation is 1. The highest BCUT2D eigenvalue weighted by atomic mass is 16.1. The van der Waals surface area contributed by atoms with Crippen LogP contribution in [0.15, 0.2) is 30.3 Å². The average Bonchev–Trinajstić information content (AvgIpc) is 2.45. The lowest BCUT2D eigenvalue weighted by Crippen LogP contribution is -2.09. The number of nitrogens with two attached hydrogens (primary N) is 1. The maximum atomic E-state index is 10.6. The molecule has 0 unspecified atom stereocenters. The molecule has 1 rings (SSSR count). The molecule has 2 nitrogen and oxygen atoms in total. The number of carbonyl (C=O) groups excluding carboxylic acids is 1. The van der Waals surface area contributed by atoms with Gasteiger partial charge >= 0.3 is 0 Å². The summed E-state index contributed by atoms with van der Waals surface area (Å²) in [6.45, 7) is 0. The summed E-state index contributed by atoms with van der Waals surface area (Å²) in [5.41, 5.74) is 6.56. The van der Waals surface area contributed by atoms with Crippen molar-refractivity contribution in [2.24, 2.45) is 5.73 Å². The van der Waals surface area contributed by atoms with Crippen LogP contribution in [0.2, 0.25) is 0 Å². The molecule has 2 N–H and O–H groups in total. The molecule has 0 aromatic heterocycles. The monoisotopic (exact) mass is 275 g/mol. The van der Waals surface area contributed by atoms with Crippen molar-refractivity contribution in [3.8, 4) is 0 Å². The van der Waals surface area contributed by atoms with Gasteiger partial charge in [-0.1, -0.05) is 75.3 Å². The van der Waals surface area contributed by atoms with Crippen molar-refractivity contribution in [2.45, 2.75) is 70.6 Å². The molecule has 0 bridgehead atoms. The molecule has 0 aliphatic carbocycles. The van der Waals surface area contributed by atoms with E-state index >= 15 is 0 Å². The molecule has 0 atom stereocenters. The normalized spacial score (nSPS) is 10.6. The lowest BCUT2D eigenvalue weighted by atomic mass is 10.0. The average molecular weight is 275 g/mol. The summed E-state index contributed by atoms with van der Waals surface area (Å²) in [5, 5.41) is 0. The fraction of sp³-hybridized carbons (Fsp3) is 0.611. The molecule has 0 spiro atoms. The number of unbranched alkanes of at least 4 members (excludes halogenated alkanes) is 8. The summed E-state index contributed by atoms with van der Waals surface area (Å²) in [7, 11) is 0. The third-order valence-electron chi connectivity index (χ3n) is 3.73. The fourth-order valence-corrected chi connectivity index (χ4v) is 2.51. The second kappa shape index (κ2) is 11.5. The predicted molar refractivity (Wildman–Crippen MR) is 85.5 cm³/mol. The molecule has 2 heteroatoms. The molecule has 1 aromatic rings. The van der Waals surface area contributed by atoms with Gasteiger partial charge in [-0.3, -0.25) is 4.79 Å². The van der Waals surface area contributed by atoms with Gasteiger partial charge in [-0.25, -0.2) is 0 Å². The molecule has 1 amide bonds. The van der Waals surface area contributed by atoms with Crippen LogP contribution >= 0.6 is 0 Å². The van der Waals surface area contributed by atoms with Gasteiger partial charge in [-0.05, 0) is 24.8 Å². The minimum Gasteiger partial charge on any atom is -0.370 e. The second-order valence-electron chi connectivity index (χ2n) is 5.63. The van der Waals surface area contributed by atoms with E-state index < -0.39 is 0 Å². The van der Waals surface area contributed by atoms with Crippen LogP contribution in [0.1, 0.15) is 69.8 Å². The smallest absolute Gasteiger partial charge is 0.217 e. The molecule has 20 heavy (non-hydrogen) atoms. The van der Waals surface area contributed by atoms with E-state index in [1.54, 1.807) is 0 Å². The first-order valence-corrected chi connectivity index (χ1v) is 8.11. The van der Waals surface area contributed by atoms with Crippen LogP contribution in [-0.4, -0.2) is 5.91 Å². The molecule has 0 saturated heterocycles. The standard InChI is InChI=1S/C18H29NO/c19-18(20)16-12-7-5-3-1-2-4-6-9-13-17-14-10-8-11-15-17/h8,10-11,14-15H,1-7,9,12-13,16H2,(H2,19,20). The van der Waals surface area contributed by atoms with Crippen LogP contribution in [0, 0.1) is 0 Å². The molecular formula is C18H29NO. The largest absolute Gasteiger partial charge is 0.370 e. The first kappa shape index (κ1) is 16.7. The first-order valence-electron chi connectivity index (χ1n) is 8.11. The molecule has 0 aliphatic heterocycles. The first-order chi connectivity index (χ1) is 9.79. The number of amides is 1. The number of primary amides is 1. The zero-order valence-corrected chi connectivity index (χ0v) is 12.7. The Balaban J connectivity index is 1.80. The van der Waals surface area contributed by atoms with Crippen LogP contribution in [-0.2, 0) is 11.2 Å². The highest BCUT2D eigenvalue weighted by Crippen LogP contribution is 2.12. The predicted octanol–water partition coefficient (Wildman–Crippen LogP) is 4.62. The van der Waals surface area contributed by atoms with Crippen molar-refractivity contribution in [3.05, 3.63) is 35.9 Å². The lowest BCUT2D eigenvalue weighted by molar-refractivity contribution is -0.118. The summed E-state index contributed by atoms with van der Waals surface area (Å²) in [4.78, 5) is 10.6. The summed E-state index contributed by atoms with van der Waals surface area (Å²) in [6.07, 6.45) is 13.1. The summed E-state index contributed by atoms with van der Waals surface area (Å²) >= 11 is 0. The van der Waals surface area contributed by atoms with E-state index in [2.05, 4.69) is 30.3 Å². The van der Waals surface area contributed by atoms with Gasteiger partial charge < -0.3 is 5.73 Å². The summed E-state index contributed by atoms with van der Waals surface area (Å²) in [5.74, 6) is -0.164. The van der Waals surface area contributed by atoms with Gasteiger partial charge in [0.05, 0.1) is 0 Å². The molecular weight excluding hydrogens is 246 g/mol. The number of hydrogen-bond acceptors (Lipinski definition) is 1. The van der Waals surface area contributed by atoms with E-state index in [9.17, 15) is 4.79 Å². The minimum absolute atomic E-state index is 0.164. The quantitative estimate of drug-likeness (QED) is 0.556. The van der Waals surface area contributed by atoms with Crippen LogP contribution in [0.4, 0.5) is 0 Å². The Morgan fingerprint density at radius 3 is 1.80 bits per heavy atom. The number of hydrogen-bond donors (Lipinski definition) is 1. The maximum Gasteiger partial charge on any atom is 0.217 e. The Labute approximate surface area is 123 Å². The van der Waals surface area contributed by atoms with Gasteiger partial charge in [-0.2, -0.15) is 0 Å². The molecule has 0 fully saturated rings. The molecule has 0 aliphatic rings. The fourth-order valence-electron chi connectivity index (χ4n) is 2.51. The van der Waals surface area contributed by atoms with Crippen LogP contribution in [0.3, 0.4) is 0 Å². The van der Waals surface area contributed by atoms with Crippen LogP contribution in [0.5, 0.6) is 0 Å². The highest BCUT2D eigenvalue weighted by Gasteiger charge is 1.96. The van der Waals surface area contributed by atoms with Gasteiger partial charge in [0.1, 0.15) is 0 Å². The van der Waals surface area contributed by atoms with Crippen molar-refractivity contribution < 1.29 is 4.79 Å². The van der Waals surface area contributed by atoms with Crippen molar-refractivity contribution in [1.82, 2.24) is 0 Å². The van der Waals surface area contributed by atoms with E-state index in [1.165, 1.54) is 56.9 Å². The topological polar surface area (TPSA) is 43.1 Å². The third kappa shape index (κ3) is 9.60. The zero-order chi connectivity index (χ0) is 14.5. The number of carbonyl (C=O) groups is 1. The SMILES string of the molecule is NC(=O)CCCCCCCCCCCc1ccccc1. The van der Waals surface area contributed by atoms with Crippen LogP contribution in [0.25, 0.3) is 0 Å². The van der Waals surface area contributed by atoms with Gasteiger partial charge in [0.15, 0.2) is 0 Å². The Kier molecular flexibility index (Phi) is 9.64. The maximum absolute atomic E-state index is 10.6. The van der Waals surface area contributed by atoms with E-state index in [0.29, 0.717) is 6.42 Å². The molecule has 1 aromatic carbocycles. The van der Waals surface area contributed by atoms with Crippen molar-refractivity contribution in [1.29, 1.82) is 0 Å². The zero-order valence-electron chi connectivity index (χ0n) is 12.7. The second-order valence-corrected chi connectivity index (χ2v) is 5.63. The molecule has 0 saturated carbocycles. The van der Waals surface area contributed by atoms with E-state index in [4.69, 9.17) is 5.73 Å². The van der Waals surface area contributed by atoms with Crippen molar-refractivity contribution in [2.75, 3.05) is 0 Å². The van der Waals surface area contributed by atoms with E-state index in [0.717, 1.165) is 12.8 Å². The van der Waals surface area contributed by atoms with E-state index in [1.807, 2.05) is 0 Å². The summed E-state index contributed by atoms with van der Waals surface area (Å²) < 4.78 is 0. The Morgan fingerprint density at radius 1 is 0.750 bits per heavy atom. The Bertz CT molecular complexity index is 348. The lowest BCUT2D eigenvalue weighted by Gasteiger charge is -2.03. The van der Waals surface area contributed by atoms with Gasteiger partial charge in [0.25, 0.3) is 0 Å². The van der Waals surface area contributed by atoms with Crippen LogP contribution < -0.4 is 5.73 Å². The van der Waals surface area contributed by atoms with Gasteiger partial charge in [-0.15, -0.1) is 0 Å². The molecule has 112 valence electrons. The molecule has 0 radical (unpaired) electrons. The van der Waals surface area contributed by atoms with Crippen molar-refractivity contribution in [3.63, 3.8) is 0 Å². The minimum atomic E-state index is -0.164. The Hall–Kier alpha value is -1.31. The third-order valence-corrected chi connectivity index (χ3v) is 3.73. The van der Waals surface area contributed by atoms with Gasteiger partial charge in [0.2, 0.25) is 5.91 Å². The highest BCUT2D eigenvalue weighted by molar-refractivity contribution is 5.73. The number of rotatable bonds is 12. The van der Waals surface area contributed by atoms with E-state index in [-0.39, 0.29) is 5.91 Å².